The smallest absolute Gasteiger partial charge is 0.152 e. The van der Waals surface area contributed by atoms with Crippen molar-refractivity contribution in [3.63, 3.8) is 0 Å². The molecular formula is C14H14N4S. The predicted molar refractivity (Wildman–Crippen MR) is 80.1 cm³/mol. The van der Waals surface area contributed by atoms with E-state index in [2.05, 4.69) is 52.8 Å². The summed E-state index contributed by atoms with van der Waals surface area (Å²) >= 11 is 1.60. The summed E-state index contributed by atoms with van der Waals surface area (Å²) in [5.74, 6) is 6.22. The highest BCUT2D eigenvalue weighted by molar-refractivity contribution is 7.17. The van der Waals surface area contributed by atoms with Crippen LogP contribution in [0.5, 0.6) is 0 Å². The number of nitrogens with two attached hydrogens (primary N) is 1. The molecule has 5 heteroatoms. The fourth-order valence-electron chi connectivity index (χ4n) is 2.30. The average molecular weight is 270 g/mol. The lowest BCUT2D eigenvalue weighted by Gasteiger charge is -2.08. The molecule has 0 aliphatic rings. The Morgan fingerprint density at radius 1 is 1.16 bits per heavy atom. The van der Waals surface area contributed by atoms with Crippen LogP contribution in [0.2, 0.25) is 0 Å². The molecule has 0 aliphatic carbocycles. The molecule has 0 bridgehead atoms. The van der Waals surface area contributed by atoms with Crippen molar-refractivity contribution in [1.29, 1.82) is 0 Å². The number of fused-ring (bicyclic) bond motifs is 1. The number of nitrogen functional groups attached to an aromatic ring is 1. The number of aromatic nitrogens is 2. The highest BCUT2D eigenvalue weighted by atomic mass is 32.1. The summed E-state index contributed by atoms with van der Waals surface area (Å²) in [6.07, 6.45) is 1.53. The van der Waals surface area contributed by atoms with Crippen molar-refractivity contribution in [3.8, 4) is 11.1 Å². The monoisotopic (exact) mass is 270 g/mol. The quantitative estimate of drug-likeness (QED) is 0.554. The van der Waals surface area contributed by atoms with E-state index in [1.165, 1.54) is 23.0 Å². The van der Waals surface area contributed by atoms with Crippen LogP contribution in [0.25, 0.3) is 21.3 Å². The van der Waals surface area contributed by atoms with E-state index in [4.69, 9.17) is 5.84 Å². The van der Waals surface area contributed by atoms with Crippen molar-refractivity contribution < 1.29 is 0 Å². The normalized spacial score (nSPS) is 10.9. The number of aryl methyl sites for hydroxylation is 2. The minimum absolute atomic E-state index is 0.668. The fraction of sp³-hybridized carbons (Fsp3) is 0.143. The summed E-state index contributed by atoms with van der Waals surface area (Å²) in [5, 5.41) is 3.10. The first kappa shape index (κ1) is 12.1. The summed E-state index contributed by atoms with van der Waals surface area (Å²) in [5.41, 5.74) is 7.48. The number of hydrogen-bond donors (Lipinski definition) is 2. The molecule has 0 amide bonds. The number of anilines is 1. The van der Waals surface area contributed by atoms with Crippen molar-refractivity contribution in [2.45, 2.75) is 13.8 Å². The van der Waals surface area contributed by atoms with Gasteiger partial charge in [0.2, 0.25) is 0 Å². The first-order valence-corrected chi connectivity index (χ1v) is 6.85. The second kappa shape index (κ2) is 4.60. The third kappa shape index (κ3) is 1.97. The van der Waals surface area contributed by atoms with Crippen LogP contribution in [0.1, 0.15) is 11.1 Å². The molecular weight excluding hydrogens is 256 g/mol. The van der Waals surface area contributed by atoms with Crippen molar-refractivity contribution >= 4 is 27.4 Å². The molecule has 2 aromatic heterocycles. The second-order valence-corrected chi connectivity index (χ2v) is 5.37. The van der Waals surface area contributed by atoms with Gasteiger partial charge in [0.15, 0.2) is 5.82 Å². The predicted octanol–water partition coefficient (Wildman–Crippen LogP) is 3.26. The van der Waals surface area contributed by atoms with Gasteiger partial charge in [-0.2, -0.15) is 0 Å². The molecule has 2 heterocycles. The highest BCUT2D eigenvalue weighted by Crippen LogP contribution is 2.37. The van der Waals surface area contributed by atoms with Crippen LogP contribution in [0.4, 0.5) is 5.82 Å². The number of thiophene rings is 1. The van der Waals surface area contributed by atoms with E-state index in [-0.39, 0.29) is 0 Å². The first-order chi connectivity index (χ1) is 9.20. The second-order valence-electron chi connectivity index (χ2n) is 4.51. The van der Waals surface area contributed by atoms with E-state index in [1.807, 2.05) is 0 Å². The van der Waals surface area contributed by atoms with Crippen LogP contribution in [0, 0.1) is 13.8 Å². The van der Waals surface area contributed by atoms with Crippen LogP contribution >= 0.6 is 11.3 Å². The molecule has 0 radical (unpaired) electrons. The topological polar surface area (TPSA) is 63.8 Å². The summed E-state index contributed by atoms with van der Waals surface area (Å²) in [7, 11) is 0. The van der Waals surface area contributed by atoms with Crippen LogP contribution in [-0.2, 0) is 0 Å². The van der Waals surface area contributed by atoms with Gasteiger partial charge in [-0.15, -0.1) is 11.3 Å². The van der Waals surface area contributed by atoms with Crippen molar-refractivity contribution in [3.05, 3.63) is 41.0 Å². The first-order valence-electron chi connectivity index (χ1n) is 5.97. The highest BCUT2D eigenvalue weighted by Gasteiger charge is 2.13. The van der Waals surface area contributed by atoms with Gasteiger partial charge >= 0.3 is 0 Å². The van der Waals surface area contributed by atoms with Gasteiger partial charge in [-0.1, -0.05) is 23.8 Å². The lowest BCUT2D eigenvalue weighted by atomic mass is 9.99. The summed E-state index contributed by atoms with van der Waals surface area (Å²) in [6, 6.07) is 6.43. The van der Waals surface area contributed by atoms with E-state index in [9.17, 15) is 0 Å². The largest absolute Gasteiger partial charge is 0.308 e. The van der Waals surface area contributed by atoms with Crippen LogP contribution in [0.15, 0.2) is 29.9 Å². The van der Waals surface area contributed by atoms with Crippen molar-refractivity contribution in [2.75, 3.05) is 5.43 Å². The standard InChI is InChI=1S/C14H14N4S/c1-8-3-4-10(9(2)5-8)11-6-19-14-12(11)13(18-15)16-7-17-14/h3-7H,15H2,1-2H3,(H,16,17,18). The number of hydrogen-bond acceptors (Lipinski definition) is 5. The van der Waals surface area contributed by atoms with E-state index in [0.717, 1.165) is 15.8 Å². The van der Waals surface area contributed by atoms with E-state index in [1.54, 1.807) is 11.3 Å². The van der Waals surface area contributed by atoms with Crippen LogP contribution < -0.4 is 11.3 Å². The summed E-state index contributed by atoms with van der Waals surface area (Å²) < 4.78 is 0. The van der Waals surface area contributed by atoms with Gasteiger partial charge in [-0.05, 0) is 25.0 Å². The molecule has 19 heavy (non-hydrogen) atoms. The van der Waals surface area contributed by atoms with E-state index in [0.29, 0.717) is 5.82 Å². The number of hydrazine groups is 1. The Labute approximate surface area is 115 Å². The van der Waals surface area contributed by atoms with Gasteiger partial charge in [-0.25, -0.2) is 15.8 Å². The SMILES string of the molecule is Cc1ccc(-c2csc3ncnc(NN)c23)c(C)c1. The lowest BCUT2D eigenvalue weighted by molar-refractivity contribution is 1.19. The van der Waals surface area contributed by atoms with Gasteiger partial charge in [0.1, 0.15) is 11.2 Å². The molecule has 0 fully saturated rings. The van der Waals surface area contributed by atoms with Gasteiger partial charge in [0.05, 0.1) is 5.39 Å². The molecule has 4 nitrogen and oxygen atoms in total. The molecule has 0 aliphatic heterocycles. The minimum Gasteiger partial charge on any atom is -0.308 e. The number of benzene rings is 1. The molecule has 0 spiro atoms. The number of nitrogens with one attached hydrogen (secondary N) is 1. The molecule has 0 atom stereocenters. The summed E-state index contributed by atoms with van der Waals surface area (Å²) in [4.78, 5) is 9.43. The zero-order chi connectivity index (χ0) is 13.4. The number of rotatable bonds is 2. The molecule has 3 N–H and O–H groups in total. The van der Waals surface area contributed by atoms with Crippen molar-refractivity contribution in [1.82, 2.24) is 9.97 Å². The molecule has 96 valence electrons. The average Bonchev–Trinajstić information content (AvgIpc) is 2.82. The molecule has 0 unspecified atom stereocenters. The Morgan fingerprint density at radius 2 is 2.00 bits per heavy atom. The zero-order valence-electron chi connectivity index (χ0n) is 10.8. The molecule has 1 aromatic carbocycles. The van der Waals surface area contributed by atoms with Gasteiger partial charge < -0.3 is 5.43 Å². The number of nitrogens with zero attached hydrogens (tertiary/aromatic N) is 2. The van der Waals surface area contributed by atoms with Gasteiger partial charge in [-0.3, -0.25) is 0 Å². The Kier molecular flexibility index (Phi) is 2.93. The van der Waals surface area contributed by atoms with Gasteiger partial charge in [0, 0.05) is 10.9 Å². The fourth-order valence-corrected chi connectivity index (χ4v) is 3.21. The van der Waals surface area contributed by atoms with E-state index < -0.39 is 0 Å². The summed E-state index contributed by atoms with van der Waals surface area (Å²) in [6.45, 7) is 4.21. The molecule has 0 saturated heterocycles. The Balaban J connectivity index is 2.31. The van der Waals surface area contributed by atoms with Crippen LogP contribution in [-0.4, -0.2) is 9.97 Å². The Morgan fingerprint density at radius 3 is 2.74 bits per heavy atom. The molecule has 0 saturated carbocycles. The van der Waals surface area contributed by atoms with Gasteiger partial charge in [0.25, 0.3) is 0 Å². The molecule has 3 aromatic rings. The lowest BCUT2D eigenvalue weighted by Crippen LogP contribution is -2.09. The van der Waals surface area contributed by atoms with E-state index >= 15 is 0 Å². The maximum Gasteiger partial charge on any atom is 0.152 e. The third-order valence-corrected chi connectivity index (χ3v) is 4.07. The maximum absolute atomic E-state index is 5.55. The van der Waals surface area contributed by atoms with Crippen molar-refractivity contribution in [2.24, 2.45) is 5.84 Å². The maximum atomic E-state index is 5.55. The Hall–Kier alpha value is -1.98. The minimum atomic E-state index is 0.668. The molecule has 3 rings (SSSR count). The zero-order valence-corrected chi connectivity index (χ0v) is 11.6. The Bertz CT molecular complexity index is 748. The van der Waals surface area contributed by atoms with Crippen LogP contribution in [0.3, 0.4) is 0 Å². The third-order valence-electron chi connectivity index (χ3n) is 3.18.